The third-order valence-electron chi connectivity index (χ3n) is 2.71. The van der Waals surface area contributed by atoms with Crippen LogP contribution >= 0.6 is 0 Å². The molecule has 18 heavy (non-hydrogen) atoms. The number of hydrogen-bond acceptors (Lipinski definition) is 5. The maximum atomic E-state index is 11.7. The van der Waals surface area contributed by atoms with Crippen LogP contribution in [0.15, 0.2) is 21.6 Å². The molecule has 0 unspecified atom stereocenters. The van der Waals surface area contributed by atoms with Gasteiger partial charge >= 0.3 is 0 Å². The Bertz CT molecular complexity index is 581. The molecular formula is C12H15N3O3. The standard InChI is InChI=1S/C12H15N3O3/c1-7-10(8(2)18-15-7)6-17-12-5-14-9(4-13)3-11(12)16/h3,5H,4,6,13H2,1-2H3,(H,14,16). The van der Waals surface area contributed by atoms with Gasteiger partial charge in [0, 0.05) is 24.5 Å². The maximum Gasteiger partial charge on any atom is 0.223 e. The minimum atomic E-state index is -0.194. The summed E-state index contributed by atoms with van der Waals surface area (Å²) in [6.45, 7) is 4.18. The number of nitrogens with one attached hydrogen (secondary N) is 1. The molecule has 0 fully saturated rings. The summed E-state index contributed by atoms with van der Waals surface area (Å²) >= 11 is 0. The number of nitrogens with two attached hydrogens (primary N) is 1. The third kappa shape index (κ3) is 2.43. The van der Waals surface area contributed by atoms with Gasteiger partial charge < -0.3 is 20.0 Å². The van der Waals surface area contributed by atoms with Crippen molar-refractivity contribution in [2.45, 2.75) is 27.0 Å². The summed E-state index contributed by atoms with van der Waals surface area (Å²) in [5.74, 6) is 0.953. The first-order valence-corrected chi connectivity index (χ1v) is 5.58. The monoisotopic (exact) mass is 249 g/mol. The molecule has 0 aliphatic heterocycles. The number of aryl methyl sites for hydroxylation is 2. The fraction of sp³-hybridized carbons (Fsp3) is 0.333. The van der Waals surface area contributed by atoms with Crippen molar-refractivity contribution in [2.24, 2.45) is 5.73 Å². The van der Waals surface area contributed by atoms with E-state index in [9.17, 15) is 4.79 Å². The van der Waals surface area contributed by atoms with E-state index in [0.717, 1.165) is 11.3 Å². The first kappa shape index (κ1) is 12.4. The number of aromatic amines is 1. The summed E-state index contributed by atoms with van der Waals surface area (Å²) in [4.78, 5) is 14.6. The fourth-order valence-electron chi connectivity index (χ4n) is 1.59. The quantitative estimate of drug-likeness (QED) is 0.843. The summed E-state index contributed by atoms with van der Waals surface area (Å²) in [7, 11) is 0. The maximum absolute atomic E-state index is 11.7. The zero-order chi connectivity index (χ0) is 13.1. The molecule has 0 bridgehead atoms. The molecule has 2 aromatic rings. The molecule has 6 heteroatoms. The lowest BCUT2D eigenvalue weighted by Crippen LogP contribution is -2.11. The minimum Gasteiger partial charge on any atom is -0.483 e. The van der Waals surface area contributed by atoms with Gasteiger partial charge in [-0.25, -0.2) is 0 Å². The predicted octanol–water partition coefficient (Wildman–Crippen LogP) is 1.02. The highest BCUT2D eigenvalue weighted by atomic mass is 16.5. The van der Waals surface area contributed by atoms with E-state index < -0.39 is 0 Å². The first-order chi connectivity index (χ1) is 8.61. The van der Waals surface area contributed by atoms with Crippen LogP contribution in [0.2, 0.25) is 0 Å². The Morgan fingerprint density at radius 1 is 1.50 bits per heavy atom. The highest BCUT2D eigenvalue weighted by Gasteiger charge is 2.10. The van der Waals surface area contributed by atoms with E-state index in [1.807, 2.05) is 6.92 Å². The van der Waals surface area contributed by atoms with E-state index in [1.54, 1.807) is 6.92 Å². The van der Waals surface area contributed by atoms with Gasteiger partial charge in [0.1, 0.15) is 12.4 Å². The zero-order valence-corrected chi connectivity index (χ0v) is 10.3. The molecule has 96 valence electrons. The molecule has 0 saturated carbocycles. The van der Waals surface area contributed by atoms with Crippen molar-refractivity contribution in [1.82, 2.24) is 10.1 Å². The summed E-state index contributed by atoms with van der Waals surface area (Å²) < 4.78 is 10.5. The molecule has 0 spiro atoms. The van der Waals surface area contributed by atoms with E-state index in [1.165, 1.54) is 12.3 Å². The summed E-state index contributed by atoms with van der Waals surface area (Å²) in [5.41, 5.74) is 7.53. The Labute approximate surface area is 104 Å². The first-order valence-electron chi connectivity index (χ1n) is 5.58. The molecule has 0 amide bonds. The molecule has 6 nitrogen and oxygen atoms in total. The number of rotatable bonds is 4. The van der Waals surface area contributed by atoms with E-state index in [-0.39, 0.29) is 17.8 Å². The Balaban J connectivity index is 2.14. The largest absolute Gasteiger partial charge is 0.483 e. The van der Waals surface area contributed by atoms with Gasteiger partial charge in [0.05, 0.1) is 11.3 Å². The minimum absolute atomic E-state index is 0.194. The SMILES string of the molecule is Cc1noc(C)c1COc1c[nH]c(CN)cc1=O. The van der Waals surface area contributed by atoms with Crippen LogP contribution in [0.4, 0.5) is 0 Å². The highest BCUT2D eigenvalue weighted by Crippen LogP contribution is 2.14. The zero-order valence-electron chi connectivity index (χ0n) is 10.3. The summed E-state index contributed by atoms with van der Waals surface area (Å²) in [6.07, 6.45) is 1.52. The van der Waals surface area contributed by atoms with Crippen LogP contribution in [0.25, 0.3) is 0 Å². The van der Waals surface area contributed by atoms with Crippen LogP contribution in [0.3, 0.4) is 0 Å². The van der Waals surface area contributed by atoms with Crippen molar-refractivity contribution in [3.05, 3.63) is 45.2 Å². The van der Waals surface area contributed by atoms with E-state index >= 15 is 0 Å². The molecule has 0 aliphatic carbocycles. The lowest BCUT2D eigenvalue weighted by molar-refractivity contribution is 0.297. The van der Waals surface area contributed by atoms with Crippen molar-refractivity contribution in [1.29, 1.82) is 0 Å². The number of nitrogens with zero attached hydrogens (tertiary/aromatic N) is 1. The number of H-pyrrole nitrogens is 1. The number of pyridine rings is 1. The summed E-state index contributed by atoms with van der Waals surface area (Å²) in [6, 6.07) is 1.43. The summed E-state index contributed by atoms with van der Waals surface area (Å²) in [5, 5.41) is 3.82. The van der Waals surface area contributed by atoms with Gasteiger partial charge in [-0.3, -0.25) is 4.79 Å². The molecule has 0 atom stereocenters. The molecule has 0 aromatic carbocycles. The van der Waals surface area contributed by atoms with Crippen molar-refractivity contribution in [3.8, 4) is 5.75 Å². The van der Waals surface area contributed by atoms with Crippen molar-refractivity contribution < 1.29 is 9.26 Å². The average molecular weight is 249 g/mol. The van der Waals surface area contributed by atoms with Gasteiger partial charge in [-0.05, 0) is 13.8 Å². The molecule has 2 rings (SSSR count). The van der Waals surface area contributed by atoms with Gasteiger partial charge in [0.15, 0.2) is 5.75 Å². The van der Waals surface area contributed by atoms with E-state index in [2.05, 4.69) is 10.1 Å². The van der Waals surface area contributed by atoms with Gasteiger partial charge in [-0.1, -0.05) is 5.16 Å². The Morgan fingerprint density at radius 3 is 2.83 bits per heavy atom. The van der Waals surface area contributed by atoms with E-state index in [0.29, 0.717) is 18.0 Å². The Morgan fingerprint density at radius 2 is 2.28 bits per heavy atom. The van der Waals surface area contributed by atoms with E-state index in [4.69, 9.17) is 15.0 Å². The van der Waals surface area contributed by atoms with Crippen LogP contribution in [-0.4, -0.2) is 10.1 Å². The lowest BCUT2D eigenvalue weighted by Gasteiger charge is -2.05. The molecule has 0 radical (unpaired) electrons. The Kier molecular flexibility index (Phi) is 3.47. The molecule has 0 aliphatic rings. The molecular weight excluding hydrogens is 234 g/mol. The normalized spacial score (nSPS) is 10.6. The van der Waals surface area contributed by atoms with Crippen LogP contribution in [-0.2, 0) is 13.2 Å². The average Bonchev–Trinajstić information content (AvgIpc) is 2.68. The second-order valence-corrected chi connectivity index (χ2v) is 3.98. The van der Waals surface area contributed by atoms with Gasteiger partial charge in [-0.2, -0.15) is 0 Å². The molecule has 0 saturated heterocycles. The number of hydrogen-bond donors (Lipinski definition) is 2. The fourth-order valence-corrected chi connectivity index (χ4v) is 1.59. The van der Waals surface area contributed by atoms with Crippen LogP contribution in [0, 0.1) is 13.8 Å². The van der Waals surface area contributed by atoms with Crippen LogP contribution < -0.4 is 15.9 Å². The van der Waals surface area contributed by atoms with Crippen molar-refractivity contribution in [3.63, 3.8) is 0 Å². The van der Waals surface area contributed by atoms with Gasteiger partial charge in [0.25, 0.3) is 0 Å². The highest BCUT2D eigenvalue weighted by molar-refractivity contribution is 5.23. The van der Waals surface area contributed by atoms with Gasteiger partial charge in [-0.15, -0.1) is 0 Å². The second-order valence-electron chi connectivity index (χ2n) is 3.98. The van der Waals surface area contributed by atoms with Crippen molar-refractivity contribution >= 4 is 0 Å². The molecule has 2 aromatic heterocycles. The molecule has 2 heterocycles. The van der Waals surface area contributed by atoms with Crippen molar-refractivity contribution in [2.75, 3.05) is 0 Å². The van der Waals surface area contributed by atoms with Crippen LogP contribution in [0.1, 0.15) is 22.7 Å². The lowest BCUT2D eigenvalue weighted by atomic mass is 10.2. The predicted molar refractivity (Wildman–Crippen MR) is 65.3 cm³/mol. The molecule has 3 N–H and O–H groups in total. The smallest absolute Gasteiger partial charge is 0.223 e. The van der Waals surface area contributed by atoms with Crippen LogP contribution in [0.5, 0.6) is 5.75 Å². The number of ether oxygens (including phenoxy) is 1. The third-order valence-corrected chi connectivity index (χ3v) is 2.71. The van der Waals surface area contributed by atoms with Gasteiger partial charge in [0.2, 0.25) is 5.43 Å². The number of aromatic nitrogens is 2. The topological polar surface area (TPSA) is 94.1 Å². The second kappa shape index (κ2) is 5.05. The Hall–Kier alpha value is -2.08.